The molecule has 0 spiro atoms. The Morgan fingerprint density at radius 3 is 2.31 bits per heavy atom. The number of rotatable bonds is 10. The fourth-order valence-corrected chi connectivity index (χ4v) is 4.21. The molecule has 3 aromatic heterocycles. The van der Waals surface area contributed by atoms with Crippen molar-refractivity contribution in [2.75, 3.05) is 31.8 Å². The highest BCUT2D eigenvalue weighted by atomic mass is 19.1. The molecular formula is C28H32FN9O7. The number of carbonyl (C=O) groups excluding carboxylic acids is 2. The zero-order chi connectivity index (χ0) is 33.3. The van der Waals surface area contributed by atoms with Crippen molar-refractivity contribution in [2.45, 2.75) is 25.5 Å². The third-order valence-corrected chi connectivity index (χ3v) is 6.32. The molecule has 45 heavy (non-hydrogen) atoms. The number of aromatic nitrogens is 5. The molecule has 0 radical (unpaired) electrons. The minimum absolute atomic E-state index is 0.0166. The number of amides is 2. The molecule has 2 amide bonds. The van der Waals surface area contributed by atoms with Crippen LogP contribution in [0.2, 0.25) is 0 Å². The lowest BCUT2D eigenvalue weighted by Gasteiger charge is -2.19. The highest BCUT2D eigenvalue weighted by molar-refractivity contribution is 5.99. The fourth-order valence-electron chi connectivity index (χ4n) is 4.21. The van der Waals surface area contributed by atoms with E-state index in [-0.39, 0.29) is 51.6 Å². The van der Waals surface area contributed by atoms with Gasteiger partial charge in [-0.1, -0.05) is 0 Å². The second kappa shape index (κ2) is 12.4. The molecule has 3 heterocycles. The smallest absolute Gasteiger partial charge is 0.369 e. The van der Waals surface area contributed by atoms with E-state index in [2.05, 4.69) is 30.9 Å². The summed E-state index contributed by atoms with van der Waals surface area (Å²) in [6.07, 6.45) is -2.12. The van der Waals surface area contributed by atoms with E-state index < -0.39 is 29.1 Å². The molecule has 0 saturated carbocycles. The van der Waals surface area contributed by atoms with Gasteiger partial charge in [-0.15, -0.1) is 10.2 Å². The predicted octanol–water partition coefficient (Wildman–Crippen LogP) is 1.15. The molecule has 7 N–H and O–H groups in total. The molecule has 0 aliphatic rings. The van der Waals surface area contributed by atoms with Crippen LogP contribution in [0, 0.1) is 5.82 Å². The minimum Gasteiger partial charge on any atom is -0.494 e. The summed E-state index contributed by atoms with van der Waals surface area (Å²) in [6.45, 7) is 3.19. The van der Waals surface area contributed by atoms with Crippen molar-refractivity contribution >= 4 is 34.8 Å². The largest absolute Gasteiger partial charge is 0.494 e. The number of hydrogen-bond donors (Lipinski definition) is 7. The monoisotopic (exact) mass is 625 g/mol. The van der Waals surface area contributed by atoms with E-state index in [1.54, 1.807) is 47.1 Å². The zero-order valence-corrected chi connectivity index (χ0v) is 25.1. The maximum atomic E-state index is 15.1. The molecule has 16 nitrogen and oxygen atoms in total. The van der Waals surface area contributed by atoms with Crippen LogP contribution in [-0.2, 0) is 12.6 Å². The molecular weight excluding hydrogens is 593 g/mol. The molecule has 4 rings (SSSR count). The third kappa shape index (κ3) is 7.65. The van der Waals surface area contributed by atoms with Crippen molar-refractivity contribution < 1.29 is 39.1 Å². The van der Waals surface area contributed by atoms with Crippen LogP contribution in [-0.4, -0.2) is 89.4 Å². The normalized spacial score (nSPS) is 11.6. The van der Waals surface area contributed by atoms with Gasteiger partial charge in [-0.25, -0.2) is 9.37 Å². The number of carbonyl (C=O) groups is 2. The van der Waals surface area contributed by atoms with Crippen LogP contribution in [0.25, 0.3) is 11.3 Å². The number of anilines is 4. The van der Waals surface area contributed by atoms with Crippen molar-refractivity contribution in [3.8, 4) is 17.0 Å². The number of ether oxygens (including phenoxy) is 1. The number of hydrogen-bond acceptors (Lipinski definition) is 13. The number of halogens is 1. The first-order valence-electron chi connectivity index (χ1n) is 13.2. The second-order valence-corrected chi connectivity index (χ2v) is 10.6. The fraction of sp³-hybridized carbons (Fsp3) is 0.286. The lowest BCUT2D eigenvalue weighted by Crippen LogP contribution is -2.48. The molecule has 17 heteroatoms. The topological polar surface area (TPSA) is 220 Å². The predicted molar refractivity (Wildman–Crippen MR) is 158 cm³/mol. The van der Waals surface area contributed by atoms with Gasteiger partial charge >= 0.3 is 6.10 Å². The summed E-state index contributed by atoms with van der Waals surface area (Å²) in [4.78, 5) is 31.0. The van der Waals surface area contributed by atoms with E-state index in [9.17, 15) is 30.0 Å². The number of aryl methyl sites for hydroxylation is 1. The van der Waals surface area contributed by atoms with Gasteiger partial charge in [0.25, 0.3) is 11.8 Å². The Hall–Kier alpha value is -5.23. The van der Waals surface area contributed by atoms with E-state index in [0.717, 1.165) is 12.1 Å². The standard InChI is InChI=1S/C28H32FN9O7/c1-27(2,41)14-7-8-30-21(9-14)32-22-13-18(23(35-34-22)25(39)33-28(42,43)44)31-19-11-15(29)10-16(24(19)45-6)17-12-20(38(5)36-17)26(40)37(3)4/h7-13,41-44H,1-6H3,(H,33,39)(H2,30,31,32,34). The lowest BCUT2D eigenvalue weighted by atomic mass is 10.00. The first-order valence-corrected chi connectivity index (χ1v) is 13.2. The Morgan fingerprint density at radius 2 is 1.69 bits per heavy atom. The summed E-state index contributed by atoms with van der Waals surface area (Å²) in [7, 11) is 6.03. The van der Waals surface area contributed by atoms with E-state index in [1.807, 2.05) is 0 Å². The first-order chi connectivity index (χ1) is 21.0. The van der Waals surface area contributed by atoms with Crippen molar-refractivity contribution in [2.24, 2.45) is 7.05 Å². The summed E-state index contributed by atoms with van der Waals surface area (Å²) in [6, 6.07) is 8.16. The SMILES string of the molecule is COc1c(Nc2cc(Nc3cc(C(C)(C)O)ccn3)nnc2C(=O)NC(O)(O)O)cc(F)cc1-c1cc(C(=O)N(C)C)n(C)n1. The first kappa shape index (κ1) is 32.7. The Labute approximate surface area is 256 Å². The van der Waals surface area contributed by atoms with E-state index in [1.165, 1.54) is 40.3 Å². The van der Waals surface area contributed by atoms with Crippen LogP contribution >= 0.6 is 0 Å². The van der Waals surface area contributed by atoms with Crippen molar-refractivity contribution in [1.29, 1.82) is 0 Å². The van der Waals surface area contributed by atoms with E-state index in [4.69, 9.17) is 4.74 Å². The summed E-state index contributed by atoms with van der Waals surface area (Å²) in [5.74, 6) is -1.98. The Morgan fingerprint density at radius 1 is 0.978 bits per heavy atom. The number of pyridine rings is 1. The Balaban J connectivity index is 1.80. The summed E-state index contributed by atoms with van der Waals surface area (Å²) in [5.41, 5.74) is -0.744. The maximum absolute atomic E-state index is 15.1. The molecule has 4 aromatic rings. The van der Waals surface area contributed by atoms with Crippen molar-refractivity contribution in [3.63, 3.8) is 0 Å². The summed E-state index contributed by atoms with van der Waals surface area (Å²) in [5, 5.41) is 57.7. The maximum Gasteiger partial charge on any atom is 0.369 e. The number of aliphatic hydroxyl groups is 4. The molecule has 0 aliphatic heterocycles. The number of benzene rings is 1. The van der Waals surface area contributed by atoms with Gasteiger partial charge < -0.3 is 40.7 Å². The molecule has 0 aliphatic carbocycles. The van der Waals surface area contributed by atoms with Crippen LogP contribution in [0.5, 0.6) is 5.75 Å². The van der Waals surface area contributed by atoms with Gasteiger partial charge in [-0.2, -0.15) is 5.10 Å². The quantitative estimate of drug-likeness (QED) is 0.123. The van der Waals surface area contributed by atoms with Gasteiger partial charge in [0.15, 0.2) is 17.3 Å². The zero-order valence-electron chi connectivity index (χ0n) is 25.1. The third-order valence-electron chi connectivity index (χ3n) is 6.32. The van der Waals surface area contributed by atoms with Gasteiger partial charge in [0.2, 0.25) is 0 Å². The molecule has 0 saturated heterocycles. The van der Waals surface area contributed by atoms with Gasteiger partial charge in [0, 0.05) is 45.0 Å². The van der Waals surface area contributed by atoms with Gasteiger partial charge in [0.1, 0.15) is 17.3 Å². The number of nitrogens with zero attached hydrogens (tertiary/aromatic N) is 6. The molecule has 0 atom stereocenters. The summed E-state index contributed by atoms with van der Waals surface area (Å²) >= 11 is 0. The lowest BCUT2D eigenvalue weighted by molar-refractivity contribution is -0.323. The highest BCUT2D eigenvalue weighted by Gasteiger charge is 2.27. The minimum atomic E-state index is -3.58. The van der Waals surface area contributed by atoms with Crippen LogP contribution in [0.1, 0.15) is 40.4 Å². The number of methoxy groups -OCH3 is 1. The Kier molecular flexibility index (Phi) is 9.01. The van der Waals surface area contributed by atoms with Crippen LogP contribution in [0.4, 0.5) is 27.4 Å². The van der Waals surface area contributed by atoms with Gasteiger partial charge in [0.05, 0.1) is 29.8 Å². The summed E-state index contributed by atoms with van der Waals surface area (Å²) < 4.78 is 22.0. The van der Waals surface area contributed by atoms with Gasteiger partial charge in [-0.05, 0) is 43.7 Å². The number of nitrogens with one attached hydrogen (secondary N) is 3. The molecule has 238 valence electrons. The van der Waals surface area contributed by atoms with Gasteiger partial charge in [-0.3, -0.25) is 19.6 Å². The average molecular weight is 626 g/mol. The molecule has 0 bridgehead atoms. The van der Waals surface area contributed by atoms with E-state index >= 15 is 4.39 Å². The van der Waals surface area contributed by atoms with Crippen LogP contribution < -0.4 is 20.7 Å². The van der Waals surface area contributed by atoms with Crippen LogP contribution in [0.3, 0.4) is 0 Å². The molecule has 0 fully saturated rings. The van der Waals surface area contributed by atoms with E-state index in [0.29, 0.717) is 5.56 Å². The van der Waals surface area contributed by atoms with Crippen LogP contribution in [0.15, 0.2) is 42.6 Å². The highest BCUT2D eigenvalue weighted by Crippen LogP contribution is 2.39. The molecule has 1 aromatic carbocycles. The second-order valence-electron chi connectivity index (χ2n) is 10.6. The Bertz CT molecular complexity index is 1750. The van der Waals surface area contributed by atoms with Crippen molar-refractivity contribution in [1.82, 2.24) is 35.2 Å². The molecule has 0 unspecified atom stereocenters. The average Bonchev–Trinajstić information content (AvgIpc) is 3.32. The van der Waals surface area contributed by atoms with Crippen molar-refractivity contribution in [3.05, 3.63) is 65.4 Å².